The van der Waals surface area contributed by atoms with Gasteiger partial charge in [0.2, 0.25) is 26.0 Å². The minimum Gasteiger partial charge on any atom is -0.379 e. The summed E-state index contributed by atoms with van der Waals surface area (Å²) in [4.78, 5) is 12.1. The molecule has 24 heavy (non-hydrogen) atoms. The van der Waals surface area contributed by atoms with Gasteiger partial charge >= 0.3 is 0 Å². The van der Waals surface area contributed by atoms with Crippen LogP contribution in [0.25, 0.3) is 0 Å². The van der Waals surface area contributed by atoms with Crippen LogP contribution in [0.5, 0.6) is 0 Å². The van der Waals surface area contributed by atoms with E-state index in [9.17, 15) is 21.6 Å². The molecule has 2 heterocycles. The number of carbonyl (C=O) groups excluding carboxylic acids is 1. The Hall–Kier alpha value is -1.49. The maximum absolute atomic E-state index is 12.5. The molecule has 1 aromatic rings. The van der Waals surface area contributed by atoms with E-state index in [0.29, 0.717) is 13.2 Å². The largest absolute Gasteiger partial charge is 0.379 e. The number of morpholine rings is 1. The number of anilines is 1. The number of amides is 1. The number of nitrogens with zero attached hydrogens (tertiary/aromatic N) is 2. The van der Waals surface area contributed by atoms with E-state index in [0.717, 1.165) is 4.31 Å². The number of carbonyl (C=O) groups is 1. The second-order valence-electron chi connectivity index (χ2n) is 5.79. The van der Waals surface area contributed by atoms with Crippen molar-refractivity contribution >= 4 is 31.6 Å². The monoisotopic (exact) mass is 374 g/mol. The SMILES string of the molecule is C[C@@H]1CS(=O)(=O)N(c2ccc(S(=O)(=O)N3CCOCC3)cc2)C1=O. The van der Waals surface area contributed by atoms with E-state index in [2.05, 4.69) is 0 Å². The van der Waals surface area contributed by atoms with Crippen molar-refractivity contribution in [3.05, 3.63) is 24.3 Å². The first-order chi connectivity index (χ1) is 11.2. The topological polar surface area (TPSA) is 101 Å². The van der Waals surface area contributed by atoms with Gasteiger partial charge in [-0.15, -0.1) is 0 Å². The summed E-state index contributed by atoms with van der Waals surface area (Å²) >= 11 is 0. The van der Waals surface area contributed by atoms with Crippen LogP contribution >= 0.6 is 0 Å². The van der Waals surface area contributed by atoms with Crippen LogP contribution in [0.2, 0.25) is 0 Å². The zero-order chi connectivity index (χ0) is 17.5. The van der Waals surface area contributed by atoms with Crippen molar-refractivity contribution < 1.29 is 26.4 Å². The summed E-state index contributed by atoms with van der Waals surface area (Å²) in [5, 5.41) is 0. The third kappa shape index (κ3) is 2.94. The number of rotatable bonds is 3. The molecule has 0 saturated carbocycles. The lowest BCUT2D eigenvalue weighted by atomic mass is 10.2. The van der Waals surface area contributed by atoms with Crippen molar-refractivity contribution in [1.82, 2.24) is 4.31 Å². The number of benzene rings is 1. The van der Waals surface area contributed by atoms with Crippen LogP contribution in [0, 0.1) is 5.92 Å². The Morgan fingerprint density at radius 3 is 2.21 bits per heavy atom. The van der Waals surface area contributed by atoms with Crippen LogP contribution in [-0.4, -0.2) is 59.1 Å². The van der Waals surface area contributed by atoms with Gasteiger partial charge in [-0.05, 0) is 24.3 Å². The molecular formula is C14H18N2O6S2. The maximum atomic E-state index is 12.5. The molecule has 0 radical (unpaired) electrons. The van der Waals surface area contributed by atoms with Crippen molar-refractivity contribution in [2.24, 2.45) is 5.92 Å². The highest BCUT2D eigenvalue weighted by Crippen LogP contribution is 2.29. The second-order valence-corrected chi connectivity index (χ2v) is 9.59. The molecule has 0 aliphatic carbocycles. The fraction of sp³-hybridized carbons (Fsp3) is 0.500. The molecule has 10 heteroatoms. The van der Waals surface area contributed by atoms with Gasteiger partial charge in [0.1, 0.15) is 0 Å². The van der Waals surface area contributed by atoms with Crippen molar-refractivity contribution in [2.45, 2.75) is 11.8 Å². The van der Waals surface area contributed by atoms with Crippen LogP contribution in [0.4, 0.5) is 5.69 Å². The molecule has 2 aliphatic rings. The molecule has 132 valence electrons. The summed E-state index contributed by atoms with van der Waals surface area (Å²) in [5.41, 5.74) is 0.158. The fourth-order valence-electron chi connectivity index (χ4n) is 2.78. The first-order valence-corrected chi connectivity index (χ1v) is 10.5. The first-order valence-electron chi connectivity index (χ1n) is 7.48. The van der Waals surface area contributed by atoms with E-state index < -0.39 is 31.9 Å². The third-order valence-electron chi connectivity index (χ3n) is 4.04. The molecule has 0 spiro atoms. The molecular weight excluding hydrogens is 356 g/mol. The standard InChI is InChI=1S/C14H18N2O6S2/c1-11-10-23(18,19)16(14(11)17)12-2-4-13(5-3-12)24(20,21)15-6-8-22-9-7-15/h2-5,11H,6-10H2,1H3/t11-/m1/s1. The second kappa shape index (κ2) is 6.10. The highest BCUT2D eigenvalue weighted by molar-refractivity contribution is 7.94. The molecule has 0 N–H and O–H groups in total. The highest BCUT2D eigenvalue weighted by atomic mass is 32.2. The van der Waals surface area contributed by atoms with E-state index in [1.807, 2.05) is 0 Å². The molecule has 1 amide bonds. The highest BCUT2D eigenvalue weighted by Gasteiger charge is 2.42. The van der Waals surface area contributed by atoms with Crippen LogP contribution in [0.3, 0.4) is 0 Å². The molecule has 8 nitrogen and oxygen atoms in total. The minimum absolute atomic E-state index is 0.0604. The van der Waals surface area contributed by atoms with E-state index >= 15 is 0 Å². The van der Waals surface area contributed by atoms with Gasteiger partial charge in [-0.1, -0.05) is 6.92 Å². The number of hydrogen-bond donors (Lipinski definition) is 0. The maximum Gasteiger partial charge on any atom is 0.244 e. The molecule has 2 fully saturated rings. The van der Waals surface area contributed by atoms with Gasteiger partial charge in [0.15, 0.2) is 0 Å². The van der Waals surface area contributed by atoms with Gasteiger partial charge in [0.25, 0.3) is 0 Å². The smallest absolute Gasteiger partial charge is 0.244 e. The lowest BCUT2D eigenvalue weighted by Gasteiger charge is -2.26. The first kappa shape index (κ1) is 17.3. The van der Waals surface area contributed by atoms with Gasteiger partial charge in [-0.3, -0.25) is 4.79 Å². The van der Waals surface area contributed by atoms with Gasteiger partial charge in [-0.25, -0.2) is 21.1 Å². The average Bonchev–Trinajstić information content (AvgIpc) is 2.76. The normalized spacial score (nSPS) is 25.1. The molecule has 1 aromatic carbocycles. The van der Waals surface area contributed by atoms with Crippen molar-refractivity contribution in [3.8, 4) is 0 Å². The van der Waals surface area contributed by atoms with E-state index in [1.165, 1.54) is 28.6 Å². The quantitative estimate of drug-likeness (QED) is 0.739. The minimum atomic E-state index is -3.70. The summed E-state index contributed by atoms with van der Waals surface area (Å²) < 4.78 is 56.4. The predicted octanol–water partition coefficient (Wildman–Crippen LogP) is 0.0200. The predicted molar refractivity (Wildman–Crippen MR) is 86.5 cm³/mol. The summed E-state index contributed by atoms with van der Waals surface area (Å²) in [6.45, 7) is 2.80. The zero-order valence-corrected chi connectivity index (χ0v) is 14.7. The number of hydrogen-bond acceptors (Lipinski definition) is 6. The molecule has 0 bridgehead atoms. The van der Waals surface area contributed by atoms with Crippen LogP contribution in [0.1, 0.15) is 6.92 Å². The van der Waals surface area contributed by atoms with E-state index in [-0.39, 0.29) is 29.4 Å². The van der Waals surface area contributed by atoms with Crippen molar-refractivity contribution in [2.75, 3.05) is 36.4 Å². The van der Waals surface area contributed by atoms with Gasteiger partial charge in [-0.2, -0.15) is 4.31 Å². The van der Waals surface area contributed by atoms with Crippen molar-refractivity contribution in [1.29, 1.82) is 0 Å². The van der Waals surface area contributed by atoms with Crippen LogP contribution in [-0.2, 0) is 29.6 Å². The summed E-state index contributed by atoms with van der Waals surface area (Å²) in [5.74, 6) is -1.34. The van der Waals surface area contributed by atoms with Gasteiger partial charge in [0, 0.05) is 13.1 Å². The Kier molecular flexibility index (Phi) is 4.41. The zero-order valence-electron chi connectivity index (χ0n) is 13.1. The van der Waals surface area contributed by atoms with Gasteiger partial charge < -0.3 is 4.74 Å². The number of sulfonamides is 2. The Morgan fingerprint density at radius 1 is 1.12 bits per heavy atom. The third-order valence-corrected chi connectivity index (χ3v) is 7.82. The average molecular weight is 374 g/mol. The van der Waals surface area contributed by atoms with E-state index in [1.54, 1.807) is 6.92 Å². The molecule has 0 aromatic heterocycles. The van der Waals surface area contributed by atoms with Gasteiger partial charge in [0.05, 0.1) is 35.5 Å². The molecule has 2 saturated heterocycles. The Balaban J connectivity index is 1.90. The summed E-state index contributed by atoms with van der Waals surface area (Å²) in [6, 6.07) is 5.35. The Bertz CT molecular complexity index is 842. The molecule has 3 rings (SSSR count). The van der Waals surface area contributed by atoms with Crippen LogP contribution in [0.15, 0.2) is 29.2 Å². The Labute approximate surface area is 141 Å². The van der Waals surface area contributed by atoms with Crippen LogP contribution < -0.4 is 4.31 Å². The molecule has 2 aliphatic heterocycles. The lowest BCUT2D eigenvalue weighted by Crippen LogP contribution is -2.40. The number of ether oxygens (including phenoxy) is 1. The van der Waals surface area contributed by atoms with E-state index in [4.69, 9.17) is 4.74 Å². The Morgan fingerprint density at radius 2 is 1.71 bits per heavy atom. The summed E-state index contributed by atoms with van der Waals surface area (Å²) in [6.07, 6.45) is 0. The lowest BCUT2D eigenvalue weighted by molar-refractivity contribution is -0.119. The molecule has 0 unspecified atom stereocenters. The molecule has 1 atom stereocenters. The summed E-state index contributed by atoms with van der Waals surface area (Å²) in [7, 11) is -7.35. The van der Waals surface area contributed by atoms with Crippen molar-refractivity contribution in [3.63, 3.8) is 0 Å². The fourth-order valence-corrected chi connectivity index (χ4v) is 6.00.